The summed E-state index contributed by atoms with van der Waals surface area (Å²) < 4.78 is 22.5. The predicted molar refractivity (Wildman–Crippen MR) is 137 cm³/mol. The van der Waals surface area contributed by atoms with Crippen LogP contribution in [0.25, 0.3) is 0 Å². The molecule has 0 bridgehead atoms. The van der Waals surface area contributed by atoms with Crippen LogP contribution in [-0.2, 0) is 9.09 Å². The van der Waals surface area contributed by atoms with Crippen LogP contribution >= 0.6 is 7.37 Å². The molecule has 0 fully saturated rings. The van der Waals surface area contributed by atoms with E-state index in [1.165, 1.54) is 0 Å². The van der Waals surface area contributed by atoms with Crippen molar-refractivity contribution in [3.05, 3.63) is 58.7 Å². The summed E-state index contributed by atoms with van der Waals surface area (Å²) in [5.41, 5.74) is 4.42. The Labute approximate surface area is 195 Å². The molecule has 0 radical (unpaired) electrons. The highest BCUT2D eigenvalue weighted by atomic mass is 31.2. The van der Waals surface area contributed by atoms with Crippen molar-refractivity contribution in [3.63, 3.8) is 0 Å². The second kappa shape index (κ2) is 12.5. The lowest BCUT2D eigenvalue weighted by Gasteiger charge is -2.20. The zero-order valence-electron chi connectivity index (χ0n) is 21.6. The Kier molecular flexibility index (Phi) is 11.0. The molecule has 0 unspecified atom stereocenters. The van der Waals surface area contributed by atoms with E-state index in [2.05, 4.69) is 73.6 Å². The normalized spacial score (nSPS) is 11.8. The van der Waals surface area contributed by atoms with Gasteiger partial charge in [0, 0.05) is 13.3 Å². The molecule has 5 heteroatoms. The summed E-state index contributed by atoms with van der Waals surface area (Å²) in [5.74, 6) is 2.89. The molecule has 0 aromatic heterocycles. The monoisotopic (exact) mass is 462 g/mol. The van der Waals surface area contributed by atoms with Gasteiger partial charge in [-0.2, -0.15) is 0 Å². The number of phenolic OH excluding ortho intramolecular Hbond substituents is 1. The van der Waals surface area contributed by atoms with Gasteiger partial charge in [0.15, 0.2) is 14.2 Å². The Morgan fingerprint density at radius 2 is 1.06 bits per heavy atom. The number of aromatic hydroxyl groups is 1. The van der Waals surface area contributed by atoms with Crippen LogP contribution in [0.3, 0.4) is 0 Å². The van der Waals surface area contributed by atoms with Gasteiger partial charge in [-0.05, 0) is 45.9 Å². The number of phenols is 1. The first-order valence-corrected chi connectivity index (χ1v) is 14.0. The molecule has 0 atom stereocenters. The molecule has 0 aliphatic carbocycles. The highest BCUT2D eigenvalue weighted by Crippen LogP contribution is 2.39. The molecule has 0 aliphatic heterocycles. The summed E-state index contributed by atoms with van der Waals surface area (Å²) in [6.07, 6.45) is 0. The summed E-state index contributed by atoms with van der Waals surface area (Å²) in [6.45, 7) is 20.2. The second-order valence-corrected chi connectivity index (χ2v) is 12.6. The molecule has 2 rings (SSSR count). The summed E-state index contributed by atoms with van der Waals surface area (Å²) in [4.78, 5) is 0. The van der Waals surface area contributed by atoms with Gasteiger partial charge in [0.2, 0.25) is 0 Å². The fraction of sp³-hybridized carbons (Fsp3) is 0.556. The molecular weight excluding hydrogens is 419 g/mol. The number of benzene rings is 2. The van der Waals surface area contributed by atoms with Crippen LogP contribution < -0.4 is 4.74 Å². The Bertz CT molecular complexity index is 842. The van der Waals surface area contributed by atoms with Crippen LogP contribution in [0.1, 0.15) is 101 Å². The van der Waals surface area contributed by atoms with Crippen LogP contribution in [0, 0.1) is 0 Å². The first-order chi connectivity index (χ1) is 14.8. The van der Waals surface area contributed by atoms with Crippen LogP contribution in [0.4, 0.5) is 0 Å². The Morgan fingerprint density at radius 1 is 0.719 bits per heavy atom. The van der Waals surface area contributed by atoms with Crippen molar-refractivity contribution >= 4 is 7.37 Å². The summed E-state index contributed by atoms with van der Waals surface area (Å²) in [6, 6.07) is 12.2. The van der Waals surface area contributed by atoms with E-state index in [0.717, 1.165) is 28.0 Å². The minimum Gasteiger partial charge on any atom is -0.507 e. The van der Waals surface area contributed by atoms with E-state index in [9.17, 15) is 9.67 Å². The number of para-hydroxylation sites is 2. The third-order valence-corrected chi connectivity index (χ3v) is 5.96. The smallest absolute Gasteiger partial charge is 0.200 e. The van der Waals surface area contributed by atoms with Crippen LogP contribution in [0.2, 0.25) is 0 Å². The first-order valence-electron chi connectivity index (χ1n) is 11.5. The second-order valence-electron chi connectivity index (χ2n) is 9.81. The Hall–Kier alpha value is -1.77. The van der Waals surface area contributed by atoms with Crippen molar-refractivity contribution in [2.24, 2.45) is 0 Å². The van der Waals surface area contributed by atoms with Crippen molar-refractivity contribution in [1.82, 2.24) is 0 Å². The van der Waals surface area contributed by atoms with Crippen LogP contribution in [-0.4, -0.2) is 25.2 Å². The molecule has 0 spiro atoms. The third-order valence-electron chi connectivity index (χ3n) is 5.23. The molecule has 4 nitrogen and oxygen atoms in total. The first kappa shape index (κ1) is 28.3. The number of ether oxygens (including phenoxy) is 1. The lowest BCUT2D eigenvalue weighted by atomic mass is 9.94. The van der Waals surface area contributed by atoms with Gasteiger partial charge in [-0.3, -0.25) is 9.09 Å². The Morgan fingerprint density at radius 3 is 1.38 bits per heavy atom. The van der Waals surface area contributed by atoms with Crippen molar-refractivity contribution in [3.8, 4) is 11.5 Å². The van der Waals surface area contributed by atoms with Gasteiger partial charge >= 0.3 is 0 Å². The quantitative estimate of drug-likeness (QED) is 0.316. The van der Waals surface area contributed by atoms with Crippen molar-refractivity contribution in [1.29, 1.82) is 0 Å². The molecule has 32 heavy (non-hydrogen) atoms. The molecule has 0 aliphatic rings. The maximum absolute atomic E-state index is 11.5. The van der Waals surface area contributed by atoms with Crippen molar-refractivity contribution < 1.29 is 18.9 Å². The van der Waals surface area contributed by atoms with Gasteiger partial charge in [0.25, 0.3) is 0 Å². The van der Waals surface area contributed by atoms with E-state index in [-0.39, 0.29) is 6.79 Å². The summed E-state index contributed by atoms with van der Waals surface area (Å²) in [5, 5.41) is 9.93. The molecule has 2 aromatic carbocycles. The van der Waals surface area contributed by atoms with E-state index in [1.54, 1.807) is 13.3 Å². The van der Waals surface area contributed by atoms with E-state index in [1.807, 2.05) is 18.2 Å². The van der Waals surface area contributed by atoms with Crippen LogP contribution in [0.5, 0.6) is 11.5 Å². The number of hydrogen-bond acceptors (Lipinski definition) is 4. The largest absolute Gasteiger partial charge is 0.507 e. The maximum atomic E-state index is 11.5. The highest BCUT2D eigenvalue weighted by Gasteiger charge is 2.16. The lowest BCUT2D eigenvalue weighted by Crippen LogP contribution is -2.07. The SMILES string of the molecule is CC(C)c1cccc(C(C)C)c1O.CC(C)c1cccc(C(C)C)c1OCOP(C)(C)=O. The predicted octanol–water partition coefficient (Wildman–Crippen LogP) is 8.46. The molecule has 180 valence electrons. The molecule has 0 heterocycles. The highest BCUT2D eigenvalue weighted by molar-refractivity contribution is 7.57. The standard InChI is InChI=1S/C15H25O3P.C12H18O/c1-11(2)13-8-7-9-14(12(3)4)15(13)17-10-18-19(5,6)16;1-8(2)10-6-5-7-11(9(3)4)12(10)13/h7-9,11-12H,10H2,1-6H3;5-9,13H,1-4H3. The van der Waals surface area contributed by atoms with Crippen molar-refractivity contribution in [2.75, 3.05) is 20.1 Å². The van der Waals surface area contributed by atoms with E-state index in [4.69, 9.17) is 9.26 Å². The zero-order chi connectivity index (χ0) is 24.6. The van der Waals surface area contributed by atoms with Gasteiger partial charge in [-0.15, -0.1) is 0 Å². The molecule has 0 amide bonds. The number of rotatable bonds is 8. The van der Waals surface area contributed by atoms with E-state index < -0.39 is 7.37 Å². The van der Waals surface area contributed by atoms with E-state index >= 15 is 0 Å². The van der Waals surface area contributed by atoms with Gasteiger partial charge in [-0.1, -0.05) is 91.8 Å². The van der Waals surface area contributed by atoms with Gasteiger partial charge in [0.1, 0.15) is 11.5 Å². The van der Waals surface area contributed by atoms with E-state index in [0.29, 0.717) is 29.4 Å². The lowest BCUT2D eigenvalue weighted by molar-refractivity contribution is 0.122. The third kappa shape index (κ3) is 8.64. The average Bonchev–Trinajstić information content (AvgIpc) is 2.67. The minimum absolute atomic E-state index is 0.0354. The number of hydrogen-bond donors (Lipinski definition) is 1. The molecule has 0 saturated heterocycles. The summed E-state index contributed by atoms with van der Waals surface area (Å²) in [7, 11) is -2.51. The minimum atomic E-state index is -2.51. The zero-order valence-corrected chi connectivity index (χ0v) is 22.5. The van der Waals surface area contributed by atoms with Crippen LogP contribution in [0.15, 0.2) is 36.4 Å². The fourth-order valence-electron chi connectivity index (χ4n) is 3.37. The molecule has 1 N–H and O–H groups in total. The average molecular weight is 463 g/mol. The fourth-order valence-corrected chi connectivity index (χ4v) is 3.68. The topological polar surface area (TPSA) is 55.8 Å². The van der Waals surface area contributed by atoms with Gasteiger partial charge in [0.05, 0.1) is 0 Å². The molecule has 2 aromatic rings. The molecule has 0 saturated carbocycles. The maximum Gasteiger partial charge on any atom is 0.200 e. The van der Waals surface area contributed by atoms with Crippen molar-refractivity contribution in [2.45, 2.75) is 79.1 Å². The van der Waals surface area contributed by atoms with Gasteiger partial charge in [-0.25, -0.2) is 0 Å². The molecular formula is C27H43O4P. The summed E-state index contributed by atoms with van der Waals surface area (Å²) >= 11 is 0. The van der Waals surface area contributed by atoms with Gasteiger partial charge < -0.3 is 9.84 Å². The Balaban J connectivity index is 0.000000343.